The third-order valence-electron chi connectivity index (χ3n) is 3.57. The zero-order chi connectivity index (χ0) is 20.9. The van der Waals surface area contributed by atoms with E-state index < -0.39 is 17.5 Å². The lowest BCUT2D eigenvalue weighted by Crippen LogP contribution is -2.27. The number of hydrogen-bond donors (Lipinski definition) is 1. The van der Waals surface area contributed by atoms with Crippen LogP contribution in [0.3, 0.4) is 0 Å². The minimum atomic E-state index is -0.664. The standard InChI is InChI=1S/C21H21FN4O3/c1-21(2,3)29-20(27)25-17-12-24-18(15-9-16(22)11-23-10-15)26-19(17)28-13-14-7-5-4-6-8-14/h4-12H,13H2,1-3H3,(H,25,27). The second kappa shape index (κ2) is 8.64. The fourth-order valence-electron chi connectivity index (χ4n) is 2.37. The summed E-state index contributed by atoms with van der Waals surface area (Å²) in [7, 11) is 0. The maximum absolute atomic E-state index is 13.5. The Labute approximate surface area is 167 Å². The summed E-state index contributed by atoms with van der Waals surface area (Å²) in [6, 6.07) is 10.8. The van der Waals surface area contributed by atoms with Gasteiger partial charge in [-0.05, 0) is 32.4 Å². The van der Waals surface area contributed by atoms with Crippen molar-refractivity contribution in [1.82, 2.24) is 15.0 Å². The molecule has 2 heterocycles. The molecule has 0 bridgehead atoms. The van der Waals surface area contributed by atoms with E-state index in [0.717, 1.165) is 11.8 Å². The molecule has 2 aromatic heterocycles. The fraction of sp³-hybridized carbons (Fsp3) is 0.238. The van der Waals surface area contributed by atoms with E-state index in [1.807, 2.05) is 30.3 Å². The molecule has 8 heteroatoms. The molecule has 0 aliphatic carbocycles. The molecule has 1 amide bonds. The van der Waals surface area contributed by atoms with Gasteiger partial charge in [0.15, 0.2) is 5.82 Å². The second-order valence-corrected chi connectivity index (χ2v) is 7.21. The Bertz CT molecular complexity index is 991. The maximum Gasteiger partial charge on any atom is 0.412 e. The molecule has 0 aliphatic heterocycles. The monoisotopic (exact) mass is 396 g/mol. The van der Waals surface area contributed by atoms with Crippen molar-refractivity contribution in [2.75, 3.05) is 5.32 Å². The molecule has 150 valence electrons. The van der Waals surface area contributed by atoms with Crippen molar-refractivity contribution in [3.8, 4) is 17.3 Å². The number of anilines is 1. The van der Waals surface area contributed by atoms with Crippen LogP contribution in [0.25, 0.3) is 11.4 Å². The number of ether oxygens (including phenoxy) is 2. The Balaban J connectivity index is 1.88. The van der Waals surface area contributed by atoms with Crippen molar-refractivity contribution in [3.05, 3.63) is 66.4 Å². The van der Waals surface area contributed by atoms with Crippen LogP contribution in [0.5, 0.6) is 5.88 Å². The van der Waals surface area contributed by atoms with Gasteiger partial charge >= 0.3 is 6.09 Å². The molecule has 0 atom stereocenters. The minimum Gasteiger partial charge on any atom is -0.471 e. The number of carbonyl (C=O) groups excluding carboxylic acids is 1. The summed E-state index contributed by atoms with van der Waals surface area (Å²) in [5, 5.41) is 2.59. The maximum atomic E-state index is 13.5. The molecule has 1 N–H and O–H groups in total. The van der Waals surface area contributed by atoms with E-state index >= 15 is 0 Å². The van der Waals surface area contributed by atoms with Crippen LogP contribution in [0.4, 0.5) is 14.9 Å². The van der Waals surface area contributed by atoms with Crippen molar-refractivity contribution in [3.63, 3.8) is 0 Å². The molecular formula is C21H21FN4O3. The van der Waals surface area contributed by atoms with Gasteiger partial charge in [-0.1, -0.05) is 30.3 Å². The number of rotatable bonds is 5. The summed E-state index contributed by atoms with van der Waals surface area (Å²) in [4.78, 5) is 24.5. The number of halogens is 1. The molecule has 0 unspecified atom stereocenters. The third-order valence-corrected chi connectivity index (χ3v) is 3.57. The highest BCUT2D eigenvalue weighted by Crippen LogP contribution is 2.26. The van der Waals surface area contributed by atoms with E-state index in [1.54, 1.807) is 20.8 Å². The molecule has 7 nitrogen and oxygen atoms in total. The molecular weight excluding hydrogens is 375 g/mol. The number of nitrogens with zero attached hydrogens (tertiary/aromatic N) is 3. The van der Waals surface area contributed by atoms with Crippen LogP contribution in [0.2, 0.25) is 0 Å². The Morgan fingerprint density at radius 1 is 1.14 bits per heavy atom. The predicted octanol–water partition coefficient (Wildman–Crippen LogP) is 4.60. The van der Waals surface area contributed by atoms with Gasteiger partial charge in [-0.2, -0.15) is 4.98 Å². The van der Waals surface area contributed by atoms with Gasteiger partial charge in [0, 0.05) is 11.8 Å². The van der Waals surface area contributed by atoms with Crippen molar-refractivity contribution in [2.45, 2.75) is 33.0 Å². The summed E-state index contributed by atoms with van der Waals surface area (Å²) in [6.45, 7) is 5.50. The lowest BCUT2D eigenvalue weighted by Gasteiger charge is -2.20. The molecule has 29 heavy (non-hydrogen) atoms. The quantitative estimate of drug-likeness (QED) is 0.678. The van der Waals surface area contributed by atoms with Gasteiger partial charge in [0.25, 0.3) is 0 Å². The van der Waals surface area contributed by atoms with E-state index in [-0.39, 0.29) is 24.0 Å². The van der Waals surface area contributed by atoms with Gasteiger partial charge in [0.2, 0.25) is 5.88 Å². The number of aromatic nitrogens is 3. The Morgan fingerprint density at radius 3 is 2.59 bits per heavy atom. The first-order valence-corrected chi connectivity index (χ1v) is 8.95. The summed E-state index contributed by atoms with van der Waals surface area (Å²) >= 11 is 0. The second-order valence-electron chi connectivity index (χ2n) is 7.21. The van der Waals surface area contributed by atoms with Crippen LogP contribution in [0.15, 0.2) is 55.0 Å². The normalized spacial score (nSPS) is 11.0. The highest BCUT2D eigenvalue weighted by molar-refractivity contribution is 5.86. The lowest BCUT2D eigenvalue weighted by molar-refractivity contribution is 0.0635. The van der Waals surface area contributed by atoms with Crippen molar-refractivity contribution < 1.29 is 18.7 Å². The number of carbonyl (C=O) groups is 1. The first kappa shape index (κ1) is 20.2. The van der Waals surface area contributed by atoms with E-state index in [1.165, 1.54) is 18.5 Å². The Morgan fingerprint density at radius 2 is 1.90 bits per heavy atom. The topological polar surface area (TPSA) is 86.2 Å². The van der Waals surface area contributed by atoms with Gasteiger partial charge in [-0.25, -0.2) is 14.2 Å². The predicted molar refractivity (Wildman–Crippen MR) is 106 cm³/mol. The van der Waals surface area contributed by atoms with E-state index in [4.69, 9.17) is 9.47 Å². The number of benzene rings is 1. The number of nitrogens with one attached hydrogen (secondary N) is 1. The minimum absolute atomic E-state index is 0.133. The van der Waals surface area contributed by atoms with Crippen LogP contribution in [0, 0.1) is 5.82 Å². The summed E-state index contributed by atoms with van der Waals surface area (Å²) in [6.07, 6.45) is 3.26. The van der Waals surface area contributed by atoms with E-state index in [2.05, 4.69) is 20.3 Å². The molecule has 0 saturated heterocycles. The zero-order valence-electron chi connectivity index (χ0n) is 16.3. The van der Waals surface area contributed by atoms with Gasteiger partial charge in [-0.3, -0.25) is 10.3 Å². The average Bonchev–Trinajstić information content (AvgIpc) is 2.66. The van der Waals surface area contributed by atoms with E-state index in [0.29, 0.717) is 5.56 Å². The molecule has 0 radical (unpaired) electrons. The summed E-state index contributed by atoms with van der Waals surface area (Å²) < 4.78 is 24.6. The van der Waals surface area contributed by atoms with Crippen LogP contribution in [-0.4, -0.2) is 26.6 Å². The van der Waals surface area contributed by atoms with Gasteiger partial charge in [0.05, 0.1) is 12.4 Å². The van der Waals surface area contributed by atoms with Gasteiger partial charge in [-0.15, -0.1) is 0 Å². The lowest BCUT2D eigenvalue weighted by atomic mass is 10.2. The van der Waals surface area contributed by atoms with Crippen LogP contribution >= 0.6 is 0 Å². The third kappa shape index (κ3) is 5.97. The average molecular weight is 396 g/mol. The Kier molecular flexibility index (Phi) is 6.01. The molecule has 0 saturated carbocycles. The number of hydrogen-bond acceptors (Lipinski definition) is 6. The van der Waals surface area contributed by atoms with Crippen molar-refractivity contribution in [2.24, 2.45) is 0 Å². The molecule has 0 aliphatic rings. The zero-order valence-corrected chi connectivity index (χ0v) is 16.3. The fourth-order valence-corrected chi connectivity index (χ4v) is 2.37. The van der Waals surface area contributed by atoms with Gasteiger partial charge in [0.1, 0.15) is 23.7 Å². The first-order chi connectivity index (χ1) is 13.8. The molecule has 3 rings (SSSR count). The first-order valence-electron chi connectivity index (χ1n) is 8.95. The van der Waals surface area contributed by atoms with Crippen LogP contribution < -0.4 is 10.1 Å². The summed E-state index contributed by atoms with van der Waals surface area (Å²) in [5.41, 5.74) is 0.883. The summed E-state index contributed by atoms with van der Waals surface area (Å²) in [5.74, 6) is -0.155. The highest BCUT2D eigenvalue weighted by atomic mass is 19.1. The molecule has 3 aromatic rings. The highest BCUT2D eigenvalue weighted by Gasteiger charge is 2.19. The van der Waals surface area contributed by atoms with Crippen molar-refractivity contribution in [1.29, 1.82) is 0 Å². The number of pyridine rings is 1. The van der Waals surface area contributed by atoms with Crippen molar-refractivity contribution >= 4 is 11.8 Å². The Hall–Kier alpha value is -3.55. The van der Waals surface area contributed by atoms with Gasteiger partial charge < -0.3 is 9.47 Å². The number of amides is 1. The molecule has 0 fully saturated rings. The molecule has 1 aromatic carbocycles. The largest absolute Gasteiger partial charge is 0.471 e. The SMILES string of the molecule is CC(C)(C)OC(=O)Nc1cnc(-c2cncc(F)c2)nc1OCc1ccccc1. The molecule has 0 spiro atoms. The van der Waals surface area contributed by atoms with Crippen LogP contribution in [-0.2, 0) is 11.3 Å². The van der Waals surface area contributed by atoms with Crippen LogP contribution in [0.1, 0.15) is 26.3 Å². The smallest absolute Gasteiger partial charge is 0.412 e. The van der Waals surface area contributed by atoms with E-state index in [9.17, 15) is 9.18 Å².